The molecule has 4 aromatic rings. The number of fused-ring (bicyclic) bond motifs is 1. The number of hydrogen-bond donors (Lipinski definition) is 2. The summed E-state index contributed by atoms with van der Waals surface area (Å²) in [6.07, 6.45) is 0. The van der Waals surface area contributed by atoms with Crippen LogP contribution in [0.4, 0.5) is 4.39 Å². The summed E-state index contributed by atoms with van der Waals surface area (Å²) < 4.78 is 18.4. The van der Waals surface area contributed by atoms with Gasteiger partial charge in [0.15, 0.2) is 5.16 Å². The second-order valence-electron chi connectivity index (χ2n) is 5.95. The molecule has 0 fully saturated rings. The van der Waals surface area contributed by atoms with Crippen molar-refractivity contribution in [2.45, 2.75) is 17.8 Å². The number of aromatic carboxylic acids is 1. The van der Waals surface area contributed by atoms with E-state index in [9.17, 15) is 14.0 Å². The summed E-state index contributed by atoms with van der Waals surface area (Å²) in [6, 6.07) is 8.97. The normalized spacial score (nSPS) is 11.2. The third-order valence-corrected chi connectivity index (χ3v) is 5.97. The SMILES string of the molecule is Cc1sc2nc(SCc3ccc(C(=O)O)o3)[nH]c(=O)c2c1-c1ccc(F)cc1. The van der Waals surface area contributed by atoms with Crippen LogP contribution in [0.2, 0.25) is 0 Å². The van der Waals surface area contributed by atoms with E-state index in [-0.39, 0.29) is 17.1 Å². The number of nitrogens with one attached hydrogen (secondary N) is 1. The minimum atomic E-state index is -1.13. The number of thiophene rings is 1. The van der Waals surface area contributed by atoms with Gasteiger partial charge in [0.1, 0.15) is 16.4 Å². The number of carbonyl (C=O) groups is 1. The molecule has 0 aliphatic carbocycles. The molecule has 0 saturated carbocycles. The van der Waals surface area contributed by atoms with E-state index in [1.807, 2.05) is 6.92 Å². The van der Waals surface area contributed by atoms with E-state index in [0.717, 1.165) is 16.0 Å². The van der Waals surface area contributed by atoms with Gasteiger partial charge in [0.25, 0.3) is 5.56 Å². The molecule has 28 heavy (non-hydrogen) atoms. The molecule has 0 bridgehead atoms. The molecule has 0 spiro atoms. The first-order chi connectivity index (χ1) is 13.4. The fourth-order valence-electron chi connectivity index (χ4n) is 2.84. The number of nitrogens with zero attached hydrogens (tertiary/aromatic N) is 1. The monoisotopic (exact) mass is 416 g/mol. The van der Waals surface area contributed by atoms with E-state index in [1.165, 1.54) is 41.3 Å². The van der Waals surface area contributed by atoms with Gasteiger partial charge in [0.05, 0.1) is 11.1 Å². The van der Waals surface area contributed by atoms with Crippen molar-refractivity contribution in [1.29, 1.82) is 0 Å². The first kappa shape index (κ1) is 18.5. The number of rotatable bonds is 5. The van der Waals surface area contributed by atoms with Crippen LogP contribution in [0.1, 0.15) is 21.2 Å². The average Bonchev–Trinajstić information content (AvgIpc) is 3.25. The topological polar surface area (TPSA) is 96.2 Å². The van der Waals surface area contributed by atoms with Crippen LogP contribution in [0.3, 0.4) is 0 Å². The molecular weight excluding hydrogens is 403 g/mol. The molecule has 0 amide bonds. The second kappa shape index (κ2) is 7.25. The van der Waals surface area contributed by atoms with Crippen LogP contribution in [0, 0.1) is 12.7 Å². The number of aryl methyl sites for hydroxylation is 1. The molecule has 4 rings (SSSR count). The maximum absolute atomic E-state index is 13.2. The van der Waals surface area contributed by atoms with Crippen molar-refractivity contribution >= 4 is 39.3 Å². The number of carboxylic acids is 1. The van der Waals surface area contributed by atoms with Crippen molar-refractivity contribution in [3.63, 3.8) is 0 Å². The number of aromatic nitrogens is 2. The number of carboxylic acid groups (broad SMARTS) is 1. The van der Waals surface area contributed by atoms with Crippen LogP contribution in [0.25, 0.3) is 21.3 Å². The third-order valence-electron chi connectivity index (χ3n) is 4.07. The number of hydrogen-bond acceptors (Lipinski definition) is 6. The molecule has 0 unspecified atom stereocenters. The lowest BCUT2D eigenvalue weighted by atomic mass is 10.0. The lowest BCUT2D eigenvalue weighted by molar-refractivity contribution is 0.0661. The van der Waals surface area contributed by atoms with Crippen LogP contribution >= 0.6 is 23.1 Å². The maximum Gasteiger partial charge on any atom is 0.371 e. The van der Waals surface area contributed by atoms with Gasteiger partial charge in [-0.15, -0.1) is 11.3 Å². The first-order valence-electron chi connectivity index (χ1n) is 8.16. The van der Waals surface area contributed by atoms with E-state index >= 15 is 0 Å². The summed E-state index contributed by atoms with van der Waals surface area (Å²) in [7, 11) is 0. The van der Waals surface area contributed by atoms with Crippen molar-refractivity contribution < 1.29 is 18.7 Å². The van der Waals surface area contributed by atoms with E-state index in [0.29, 0.717) is 26.9 Å². The molecule has 0 saturated heterocycles. The van der Waals surface area contributed by atoms with Gasteiger partial charge in [-0.3, -0.25) is 4.79 Å². The number of benzene rings is 1. The maximum atomic E-state index is 13.2. The van der Waals surface area contributed by atoms with Crippen LogP contribution in [-0.2, 0) is 5.75 Å². The van der Waals surface area contributed by atoms with Crippen LogP contribution in [0.5, 0.6) is 0 Å². The minimum Gasteiger partial charge on any atom is -0.475 e. The smallest absolute Gasteiger partial charge is 0.371 e. The molecule has 0 radical (unpaired) electrons. The molecule has 0 aliphatic rings. The Morgan fingerprint density at radius 2 is 2.04 bits per heavy atom. The Morgan fingerprint density at radius 1 is 1.29 bits per heavy atom. The van der Waals surface area contributed by atoms with Gasteiger partial charge in [-0.1, -0.05) is 23.9 Å². The average molecular weight is 416 g/mol. The second-order valence-corrected chi connectivity index (χ2v) is 8.12. The highest BCUT2D eigenvalue weighted by Crippen LogP contribution is 2.36. The molecule has 9 heteroatoms. The lowest BCUT2D eigenvalue weighted by Gasteiger charge is -2.03. The van der Waals surface area contributed by atoms with Gasteiger partial charge in [-0.05, 0) is 36.8 Å². The molecule has 0 aliphatic heterocycles. The van der Waals surface area contributed by atoms with Crippen LogP contribution < -0.4 is 5.56 Å². The number of H-pyrrole nitrogens is 1. The molecule has 6 nitrogen and oxygen atoms in total. The molecular formula is C19H13FN2O4S2. The molecule has 1 aromatic carbocycles. The lowest BCUT2D eigenvalue weighted by Crippen LogP contribution is -2.08. The van der Waals surface area contributed by atoms with Crippen LogP contribution in [0.15, 0.2) is 50.8 Å². The Labute approximate surface area is 166 Å². The standard InChI is InChI=1S/C19H13FN2O4S2/c1-9-14(10-2-4-11(20)5-3-10)15-16(23)21-19(22-17(15)28-9)27-8-12-6-7-13(26-12)18(24)25/h2-7H,8H2,1H3,(H,24,25)(H,21,22,23). The number of thioether (sulfide) groups is 1. The highest BCUT2D eigenvalue weighted by Gasteiger charge is 2.17. The predicted molar refractivity (Wildman–Crippen MR) is 106 cm³/mol. The summed E-state index contributed by atoms with van der Waals surface area (Å²) in [4.78, 5) is 32.3. The van der Waals surface area contributed by atoms with Crippen molar-refractivity contribution in [2.24, 2.45) is 0 Å². The van der Waals surface area contributed by atoms with Gasteiger partial charge in [0.2, 0.25) is 5.76 Å². The summed E-state index contributed by atoms with van der Waals surface area (Å²) >= 11 is 2.64. The van der Waals surface area contributed by atoms with E-state index in [1.54, 1.807) is 18.2 Å². The van der Waals surface area contributed by atoms with E-state index in [4.69, 9.17) is 9.52 Å². The van der Waals surface area contributed by atoms with Gasteiger partial charge < -0.3 is 14.5 Å². The zero-order valence-corrected chi connectivity index (χ0v) is 16.1. The Bertz CT molecular complexity index is 1240. The summed E-state index contributed by atoms with van der Waals surface area (Å²) in [5, 5.41) is 9.79. The zero-order chi connectivity index (χ0) is 19.8. The Hall–Kier alpha value is -2.91. The van der Waals surface area contributed by atoms with Crippen molar-refractivity contribution in [3.8, 4) is 11.1 Å². The minimum absolute atomic E-state index is 0.134. The molecule has 3 heterocycles. The number of furan rings is 1. The zero-order valence-electron chi connectivity index (χ0n) is 14.5. The van der Waals surface area contributed by atoms with Gasteiger partial charge in [-0.2, -0.15) is 0 Å². The molecule has 142 valence electrons. The largest absolute Gasteiger partial charge is 0.475 e. The predicted octanol–water partition coefficient (Wildman–Crippen LogP) is 4.68. The summed E-state index contributed by atoms with van der Waals surface area (Å²) in [6.45, 7) is 1.90. The fraction of sp³-hybridized carbons (Fsp3) is 0.105. The Morgan fingerprint density at radius 3 is 2.71 bits per heavy atom. The van der Waals surface area contributed by atoms with Gasteiger partial charge >= 0.3 is 5.97 Å². The third kappa shape index (κ3) is 3.46. The summed E-state index contributed by atoms with van der Waals surface area (Å²) in [5.74, 6) is -0.802. The fourth-order valence-corrected chi connectivity index (χ4v) is 4.70. The highest BCUT2D eigenvalue weighted by atomic mass is 32.2. The van der Waals surface area contributed by atoms with Crippen LogP contribution in [-0.4, -0.2) is 21.0 Å². The van der Waals surface area contributed by atoms with Crippen molar-refractivity contribution in [1.82, 2.24) is 9.97 Å². The molecule has 0 atom stereocenters. The van der Waals surface area contributed by atoms with Gasteiger partial charge in [-0.25, -0.2) is 14.2 Å². The first-order valence-corrected chi connectivity index (χ1v) is 9.97. The molecule has 3 aromatic heterocycles. The highest BCUT2D eigenvalue weighted by molar-refractivity contribution is 7.98. The Balaban J connectivity index is 1.66. The summed E-state index contributed by atoms with van der Waals surface area (Å²) in [5.41, 5.74) is 1.24. The number of halogens is 1. The van der Waals surface area contributed by atoms with Crippen molar-refractivity contribution in [2.75, 3.05) is 0 Å². The van der Waals surface area contributed by atoms with Gasteiger partial charge in [0, 0.05) is 10.4 Å². The molecule has 2 N–H and O–H groups in total. The van der Waals surface area contributed by atoms with E-state index < -0.39 is 5.97 Å². The quantitative estimate of drug-likeness (QED) is 0.362. The van der Waals surface area contributed by atoms with E-state index in [2.05, 4.69) is 9.97 Å². The number of aromatic amines is 1. The van der Waals surface area contributed by atoms with Crippen molar-refractivity contribution in [3.05, 3.63) is 69.0 Å². The Kier molecular flexibility index (Phi) is 4.78.